The van der Waals surface area contributed by atoms with E-state index >= 15 is 0 Å². The minimum Gasteiger partial charge on any atom is -0.336 e. The van der Waals surface area contributed by atoms with Crippen molar-refractivity contribution in [3.8, 4) is 0 Å². The number of nitrogens with two attached hydrogens (primary N) is 1. The SMILES string of the molecule is CC1CC(CN)CN1C(=O)c1ccc(C(C)(C)C)cc1. The predicted molar refractivity (Wildman–Crippen MR) is 82.8 cm³/mol. The molecule has 0 aromatic heterocycles. The smallest absolute Gasteiger partial charge is 0.254 e. The standard InChI is InChI=1S/C17H26N2O/c1-12-9-13(10-18)11-19(12)16(20)14-5-7-15(8-6-14)17(2,3)4/h5-8,12-13H,9-11,18H2,1-4H3. The highest BCUT2D eigenvalue weighted by Gasteiger charge is 2.32. The van der Waals surface area contributed by atoms with Crippen molar-refractivity contribution in [1.29, 1.82) is 0 Å². The van der Waals surface area contributed by atoms with Gasteiger partial charge >= 0.3 is 0 Å². The van der Waals surface area contributed by atoms with Crippen molar-refractivity contribution < 1.29 is 4.79 Å². The molecule has 2 rings (SSSR count). The third-order valence-electron chi connectivity index (χ3n) is 4.25. The van der Waals surface area contributed by atoms with Crippen molar-refractivity contribution in [1.82, 2.24) is 4.90 Å². The molecule has 0 spiro atoms. The van der Waals surface area contributed by atoms with Gasteiger partial charge in [-0.2, -0.15) is 0 Å². The zero-order valence-electron chi connectivity index (χ0n) is 13.0. The first-order valence-electron chi connectivity index (χ1n) is 7.44. The fourth-order valence-electron chi connectivity index (χ4n) is 2.87. The normalized spacial score (nSPS) is 23.1. The van der Waals surface area contributed by atoms with E-state index in [0.29, 0.717) is 18.5 Å². The van der Waals surface area contributed by atoms with E-state index in [1.54, 1.807) is 0 Å². The Labute approximate surface area is 122 Å². The summed E-state index contributed by atoms with van der Waals surface area (Å²) in [5.74, 6) is 0.580. The molecule has 0 aliphatic carbocycles. The number of rotatable bonds is 2. The van der Waals surface area contributed by atoms with Gasteiger partial charge in [0.2, 0.25) is 0 Å². The van der Waals surface area contributed by atoms with E-state index in [2.05, 4.69) is 39.8 Å². The molecule has 1 aliphatic heterocycles. The van der Waals surface area contributed by atoms with Crippen molar-refractivity contribution in [2.75, 3.05) is 13.1 Å². The number of hydrogen-bond acceptors (Lipinski definition) is 2. The second-order valence-corrected chi connectivity index (χ2v) is 6.97. The molecule has 2 N–H and O–H groups in total. The molecule has 1 aromatic rings. The summed E-state index contributed by atoms with van der Waals surface area (Å²) in [5.41, 5.74) is 7.88. The van der Waals surface area contributed by atoms with E-state index in [9.17, 15) is 4.79 Å². The molecule has 1 fully saturated rings. The predicted octanol–water partition coefficient (Wildman–Crippen LogP) is 2.79. The number of carbonyl (C=O) groups excluding carboxylic acids is 1. The van der Waals surface area contributed by atoms with Crippen LogP contribution in [-0.2, 0) is 5.41 Å². The second-order valence-electron chi connectivity index (χ2n) is 6.97. The highest BCUT2D eigenvalue weighted by Crippen LogP contribution is 2.26. The Balaban J connectivity index is 2.14. The maximum Gasteiger partial charge on any atom is 0.254 e. The molecule has 110 valence electrons. The molecule has 3 heteroatoms. The molecular weight excluding hydrogens is 248 g/mol. The lowest BCUT2D eigenvalue weighted by Gasteiger charge is -2.23. The fourth-order valence-corrected chi connectivity index (χ4v) is 2.87. The van der Waals surface area contributed by atoms with Gasteiger partial charge in [0, 0.05) is 18.2 Å². The van der Waals surface area contributed by atoms with Gasteiger partial charge in [0.1, 0.15) is 0 Å². The molecule has 3 nitrogen and oxygen atoms in total. The van der Waals surface area contributed by atoms with Crippen LogP contribution in [0.3, 0.4) is 0 Å². The van der Waals surface area contributed by atoms with Gasteiger partial charge in [0.15, 0.2) is 0 Å². The van der Waals surface area contributed by atoms with E-state index in [4.69, 9.17) is 5.73 Å². The number of carbonyl (C=O) groups is 1. The van der Waals surface area contributed by atoms with Crippen molar-refractivity contribution in [2.24, 2.45) is 11.7 Å². The van der Waals surface area contributed by atoms with Crippen LogP contribution in [0.2, 0.25) is 0 Å². The first-order chi connectivity index (χ1) is 9.32. The molecule has 0 bridgehead atoms. The lowest BCUT2D eigenvalue weighted by molar-refractivity contribution is 0.0743. The zero-order valence-corrected chi connectivity index (χ0v) is 13.0. The lowest BCUT2D eigenvalue weighted by atomic mass is 9.86. The Morgan fingerprint density at radius 2 is 1.90 bits per heavy atom. The van der Waals surface area contributed by atoms with Crippen LogP contribution in [0, 0.1) is 5.92 Å². The van der Waals surface area contributed by atoms with E-state index < -0.39 is 0 Å². The van der Waals surface area contributed by atoms with Crippen LogP contribution in [0.4, 0.5) is 0 Å². The number of nitrogens with zero attached hydrogens (tertiary/aromatic N) is 1. The van der Waals surface area contributed by atoms with E-state index in [0.717, 1.165) is 18.5 Å². The fraction of sp³-hybridized carbons (Fsp3) is 0.588. The van der Waals surface area contributed by atoms with Gasteiger partial charge in [0.25, 0.3) is 5.91 Å². The summed E-state index contributed by atoms with van der Waals surface area (Å²) in [7, 11) is 0. The topological polar surface area (TPSA) is 46.3 Å². The number of benzene rings is 1. The maximum absolute atomic E-state index is 12.6. The molecule has 0 radical (unpaired) electrons. The molecule has 1 amide bonds. The van der Waals surface area contributed by atoms with E-state index in [-0.39, 0.29) is 11.3 Å². The van der Waals surface area contributed by atoms with Crippen molar-refractivity contribution in [3.63, 3.8) is 0 Å². The van der Waals surface area contributed by atoms with Crippen LogP contribution < -0.4 is 5.73 Å². The van der Waals surface area contributed by atoms with Crippen LogP contribution in [-0.4, -0.2) is 29.9 Å². The summed E-state index contributed by atoms with van der Waals surface area (Å²) in [4.78, 5) is 14.5. The van der Waals surface area contributed by atoms with Gasteiger partial charge in [-0.15, -0.1) is 0 Å². The highest BCUT2D eigenvalue weighted by atomic mass is 16.2. The Morgan fingerprint density at radius 3 is 2.35 bits per heavy atom. The summed E-state index contributed by atoms with van der Waals surface area (Å²) < 4.78 is 0. The highest BCUT2D eigenvalue weighted by molar-refractivity contribution is 5.94. The van der Waals surface area contributed by atoms with Crippen LogP contribution in [0.1, 0.15) is 50.0 Å². The maximum atomic E-state index is 12.6. The van der Waals surface area contributed by atoms with Crippen LogP contribution in [0.25, 0.3) is 0 Å². The third kappa shape index (κ3) is 3.04. The Hall–Kier alpha value is -1.35. The summed E-state index contributed by atoms with van der Waals surface area (Å²) in [6, 6.07) is 8.32. The number of likely N-dealkylation sites (tertiary alicyclic amines) is 1. The third-order valence-corrected chi connectivity index (χ3v) is 4.25. The van der Waals surface area contributed by atoms with Gasteiger partial charge in [-0.05, 0) is 48.9 Å². The number of hydrogen-bond donors (Lipinski definition) is 1. The molecule has 0 saturated carbocycles. The van der Waals surface area contributed by atoms with Crippen molar-refractivity contribution >= 4 is 5.91 Å². The Bertz CT molecular complexity index is 473. The van der Waals surface area contributed by atoms with Crippen LogP contribution in [0.15, 0.2) is 24.3 Å². The lowest BCUT2D eigenvalue weighted by Crippen LogP contribution is -2.34. The van der Waals surface area contributed by atoms with Crippen molar-refractivity contribution in [2.45, 2.75) is 45.6 Å². The van der Waals surface area contributed by atoms with Gasteiger partial charge in [-0.3, -0.25) is 4.79 Å². The summed E-state index contributed by atoms with van der Waals surface area (Å²) in [6.45, 7) is 10.1. The quantitative estimate of drug-likeness (QED) is 0.901. The molecule has 2 unspecified atom stereocenters. The van der Waals surface area contributed by atoms with Crippen LogP contribution >= 0.6 is 0 Å². The summed E-state index contributed by atoms with van der Waals surface area (Å²) >= 11 is 0. The van der Waals surface area contributed by atoms with Gasteiger partial charge in [-0.25, -0.2) is 0 Å². The first-order valence-corrected chi connectivity index (χ1v) is 7.44. The van der Waals surface area contributed by atoms with Gasteiger partial charge < -0.3 is 10.6 Å². The van der Waals surface area contributed by atoms with E-state index in [1.165, 1.54) is 5.56 Å². The molecule has 1 aliphatic rings. The average molecular weight is 274 g/mol. The zero-order chi connectivity index (χ0) is 14.9. The summed E-state index contributed by atoms with van der Waals surface area (Å²) in [6.07, 6.45) is 1.02. The number of amides is 1. The van der Waals surface area contributed by atoms with Crippen molar-refractivity contribution in [3.05, 3.63) is 35.4 Å². The Kier molecular flexibility index (Phi) is 4.19. The molecule has 1 saturated heterocycles. The first kappa shape index (κ1) is 15.0. The second kappa shape index (κ2) is 5.57. The molecular formula is C17H26N2O. The van der Waals surface area contributed by atoms with Gasteiger partial charge in [-0.1, -0.05) is 32.9 Å². The van der Waals surface area contributed by atoms with Crippen LogP contribution in [0.5, 0.6) is 0 Å². The largest absolute Gasteiger partial charge is 0.336 e. The monoisotopic (exact) mass is 274 g/mol. The average Bonchev–Trinajstić information content (AvgIpc) is 2.78. The minimum absolute atomic E-state index is 0.118. The Morgan fingerprint density at radius 1 is 1.30 bits per heavy atom. The van der Waals surface area contributed by atoms with Gasteiger partial charge in [0.05, 0.1) is 0 Å². The molecule has 20 heavy (non-hydrogen) atoms. The van der Waals surface area contributed by atoms with E-state index in [1.807, 2.05) is 17.0 Å². The molecule has 1 heterocycles. The molecule has 2 atom stereocenters. The summed E-state index contributed by atoms with van der Waals surface area (Å²) in [5, 5.41) is 0. The minimum atomic E-state index is 0.118. The molecule has 1 aromatic carbocycles.